The molecule has 0 saturated carbocycles. The molecule has 0 spiro atoms. The van der Waals surface area contributed by atoms with Crippen molar-refractivity contribution in [2.24, 2.45) is 12.0 Å². The molecule has 2 heterocycles. The Kier molecular flexibility index (Phi) is 5.08. The van der Waals surface area contributed by atoms with Crippen LogP contribution in [0.25, 0.3) is 10.2 Å². The molecule has 8 heteroatoms. The normalized spacial score (nSPS) is 11.4. The van der Waals surface area contributed by atoms with E-state index in [0.29, 0.717) is 17.4 Å². The van der Waals surface area contributed by atoms with Gasteiger partial charge in [-0.2, -0.15) is 0 Å². The van der Waals surface area contributed by atoms with Crippen LogP contribution >= 0.6 is 11.3 Å². The fraction of sp³-hybridized carbons (Fsp3) is 0.294. The van der Waals surface area contributed by atoms with Crippen LogP contribution in [0.2, 0.25) is 0 Å². The van der Waals surface area contributed by atoms with Crippen LogP contribution in [0.5, 0.6) is 0 Å². The first-order chi connectivity index (χ1) is 12.1. The maximum Gasteiger partial charge on any atom is 0.329 e. The Morgan fingerprint density at radius 2 is 2.16 bits per heavy atom. The zero-order valence-electron chi connectivity index (χ0n) is 14.1. The Hall–Kier alpha value is -2.74. The topological polar surface area (TPSA) is 92.1 Å². The fourth-order valence-corrected chi connectivity index (χ4v) is 3.15. The number of thiazole rings is 1. The van der Waals surface area contributed by atoms with Gasteiger partial charge >= 0.3 is 5.69 Å². The molecule has 7 nitrogen and oxygen atoms in total. The van der Waals surface area contributed by atoms with Gasteiger partial charge in [0.25, 0.3) is 5.56 Å². The lowest BCUT2D eigenvalue weighted by molar-refractivity contribution is 0.771. The van der Waals surface area contributed by atoms with Gasteiger partial charge < -0.3 is 5.32 Å². The molecular weight excluding hydrogens is 338 g/mol. The third kappa shape index (κ3) is 3.69. The average Bonchev–Trinajstić information content (AvgIpc) is 3.02. The van der Waals surface area contributed by atoms with Crippen molar-refractivity contribution in [1.82, 2.24) is 14.5 Å². The minimum absolute atomic E-state index is 0.178. The SMILES string of the molecule is CCCCNc1[nH]c(=O)n(C)c(=O)c1N=Cc1nc2ccccc2s1. The van der Waals surface area contributed by atoms with Crippen molar-refractivity contribution in [3.8, 4) is 0 Å². The molecule has 0 bridgehead atoms. The quantitative estimate of drug-likeness (QED) is 0.524. The number of aromatic amines is 1. The molecule has 0 saturated heterocycles. The second kappa shape index (κ2) is 7.43. The molecule has 0 radical (unpaired) electrons. The van der Waals surface area contributed by atoms with Crippen LogP contribution in [0.4, 0.5) is 11.5 Å². The van der Waals surface area contributed by atoms with Crippen LogP contribution in [-0.4, -0.2) is 27.3 Å². The van der Waals surface area contributed by atoms with Crippen molar-refractivity contribution in [2.45, 2.75) is 19.8 Å². The number of aliphatic imine (C=N–C) groups is 1. The molecular formula is C17H19N5O2S. The van der Waals surface area contributed by atoms with Crippen molar-refractivity contribution in [3.05, 3.63) is 50.1 Å². The molecule has 0 aliphatic carbocycles. The number of aromatic nitrogens is 3. The van der Waals surface area contributed by atoms with E-state index in [9.17, 15) is 9.59 Å². The highest BCUT2D eigenvalue weighted by atomic mass is 32.1. The Balaban J connectivity index is 1.98. The van der Waals surface area contributed by atoms with Gasteiger partial charge in [-0.25, -0.2) is 14.8 Å². The Bertz CT molecular complexity index is 998. The summed E-state index contributed by atoms with van der Waals surface area (Å²) in [5.41, 5.74) is 0.158. The van der Waals surface area contributed by atoms with Crippen molar-refractivity contribution in [3.63, 3.8) is 0 Å². The standard InChI is InChI=1S/C17H19N5O2S/c1-3-4-9-18-15-14(16(23)22(2)17(24)21-15)19-10-13-20-11-7-5-6-8-12(11)25-13/h5-8,10,18H,3-4,9H2,1-2H3,(H,21,24). The average molecular weight is 357 g/mol. The van der Waals surface area contributed by atoms with E-state index in [1.54, 1.807) is 6.21 Å². The van der Waals surface area contributed by atoms with Crippen LogP contribution in [0, 0.1) is 0 Å². The van der Waals surface area contributed by atoms with Crippen LogP contribution < -0.4 is 16.6 Å². The fourth-order valence-electron chi connectivity index (χ4n) is 2.31. The van der Waals surface area contributed by atoms with Gasteiger partial charge in [0.2, 0.25) is 0 Å². The number of H-pyrrole nitrogens is 1. The van der Waals surface area contributed by atoms with Gasteiger partial charge in [-0.3, -0.25) is 14.3 Å². The molecule has 3 aromatic rings. The molecule has 1 aromatic carbocycles. The molecule has 3 rings (SSSR count). The van der Waals surface area contributed by atoms with Gasteiger partial charge in [-0.15, -0.1) is 11.3 Å². The summed E-state index contributed by atoms with van der Waals surface area (Å²) in [6.45, 7) is 2.73. The number of para-hydroxylation sites is 1. The van der Waals surface area contributed by atoms with Crippen molar-refractivity contribution >= 4 is 39.3 Å². The predicted octanol–water partition coefficient (Wildman–Crippen LogP) is 2.65. The highest BCUT2D eigenvalue weighted by molar-refractivity contribution is 7.20. The van der Waals surface area contributed by atoms with E-state index in [1.165, 1.54) is 18.4 Å². The van der Waals surface area contributed by atoms with Crippen LogP contribution in [0.1, 0.15) is 24.8 Å². The number of nitrogens with zero attached hydrogens (tertiary/aromatic N) is 3. The van der Waals surface area contributed by atoms with Crippen molar-refractivity contribution < 1.29 is 0 Å². The van der Waals surface area contributed by atoms with Gasteiger partial charge in [0.1, 0.15) is 10.8 Å². The van der Waals surface area contributed by atoms with Crippen LogP contribution in [0.15, 0.2) is 38.8 Å². The molecule has 0 aliphatic heterocycles. The second-order valence-electron chi connectivity index (χ2n) is 5.58. The number of benzene rings is 1. The molecule has 2 aromatic heterocycles. The smallest absolute Gasteiger partial charge is 0.329 e. The highest BCUT2D eigenvalue weighted by Crippen LogP contribution is 2.21. The van der Waals surface area contributed by atoms with E-state index in [-0.39, 0.29) is 5.69 Å². The molecule has 0 amide bonds. The van der Waals surface area contributed by atoms with Gasteiger partial charge in [0.05, 0.1) is 16.4 Å². The minimum atomic E-state index is -0.470. The summed E-state index contributed by atoms with van der Waals surface area (Å²) < 4.78 is 2.07. The van der Waals surface area contributed by atoms with Gasteiger partial charge in [-0.05, 0) is 18.6 Å². The third-order valence-electron chi connectivity index (χ3n) is 3.73. The van der Waals surface area contributed by atoms with E-state index in [1.807, 2.05) is 24.3 Å². The molecule has 0 atom stereocenters. The number of hydrogen-bond donors (Lipinski definition) is 2. The maximum absolute atomic E-state index is 12.4. The summed E-state index contributed by atoms with van der Waals surface area (Å²) in [5.74, 6) is 0.346. The van der Waals surface area contributed by atoms with Gasteiger partial charge in [0.15, 0.2) is 5.69 Å². The number of unbranched alkanes of at least 4 members (excludes halogenated alkanes) is 1. The number of anilines is 1. The van der Waals surface area contributed by atoms with E-state index < -0.39 is 11.2 Å². The summed E-state index contributed by atoms with van der Waals surface area (Å²) in [6, 6.07) is 7.80. The predicted molar refractivity (Wildman–Crippen MR) is 103 cm³/mol. The summed E-state index contributed by atoms with van der Waals surface area (Å²) >= 11 is 1.50. The molecule has 0 fully saturated rings. The first-order valence-electron chi connectivity index (χ1n) is 8.07. The summed E-state index contributed by atoms with van der Waals surface area (Å²) in [5, 5.41) is 3.79. The monoisotopic (exact) mass is 357 g/mol. The summed E-state index contributed by atoms with van der Waals surface area (Å²) in [7, 11) is 1.42. The Morgan fingerprint density at radius 1 is 1.36 bits per heavy atom. The minimum Gasteiger partial charge on any atom is -0.370 e. The van der Waals surface area contributed by atoms with Gasteiger partial charge in [-0.1, -0.05) is 25.5 Å². The number of nitrogens with one attached hydrogen (secondary N) is 2. The molecule has 0 unspecified atom stereocenters. The zero-order chi connectivity index (χ0) is 17.8. The van der Waals surface area contributed by atoms with Crippen LogP contribution in [-0.2, 0) is 7.05 Å². The Labute approximate surface area is 148 Å². The largest absolute Gasteiger partial charge is 0.370 e. The molecule has 2 N–H and O–H groups in total. The van der Waals surface area contributed by atoms with E-state index >= 15 is 0 Å². The highest BCUT2D eigenvalue weighted by Gasteiger charge is 2.11. The number of rotatable bonds is 6. The van der Waals surface area contributed by atoms with E-state index in [2.05, 4.69) is 27.2 Å². The third-order valence-corrected chi connectivity index (χ3v) is 4.70. The lowest BCUT2D eigenvalue weighted by Crippen LogP contribution is -2.33. The number of hydrogen-bond acceptors (Lipinski definition) is 6. The van der Waals surface area contributed by atoms with E-state index in [4.69, 9.17) is 0 Å². The maximum atomic E-state index is 12.4. The summed E-state index contributed by atoms with van der Waals surface area (Å²) in [4.78, 5) is 35.7. The second-order valence-corrected chi connectivity index (χ2v) is 6.64. The zero-order valence-corrected chi connectivity index (χ0v) is 14.9. The van der Waals surface area contributed by atoms with E-state index in [0.717, 1.165) is 27.6 Å². The van der Waals surface area contributed by atoms with Crippen molar-refractivity contribution in [2.75, 3.05) is 11.9 Å². The first-order valence-corrected chi connectivity index (χ1v) is 8.88. The number of fused-ring (bicyclic) bond motifs is 1. The van der Waals surface area contributed by atoms with Crippen LogP contribution in [0.3, 0.4) is 0 Å². The van der Waals surface area contributed by atoms with Crippen molar-refractivity contribution in [1.29, 1.82) is 0 Å². The lowest BCUT2D eigenvalue weighted by Gasteiger charge is -2.08. The lowest BCUT2D eigenvalue weighted by atomic mass is 10.3. The molecule has 0 aliphatic rings. The van der Waals surface area contributed by atoms with Gasteiger partial charge in [0, 0.05) is 13.6 Å². The first kappa shape index (κ1) is 17.1. The molecule has 25 heavy (non-hydrogen) atoms. The Morgan fingerprint density at radius 3 is 2.92 bits per heavy atom. The summed E-state index contributed by atoms with van der Waals surface area (Å²) in [6.07, 6.45) is 3.50. The molecule has 130 valence electrons.